The van der Waals surface area contributed by atoms with Gasteiger partial charge in [-0.05, 0) is 37.1 Å². The minimum Gasteiger partial charge on any atom is -0.493 e. The zero-order valence-electron chi connectivity index (χ0n) is 16.2. The lowest BCUT2D eigenvalue weighted by Crippen LogP contribution is -2.16. The van der Waals surface area contributed by atoms with E-state index in [0.29, 0.717) is 0 Å². The van der Waals surface area contributed by atoms with Gasteiger partial charge in [-0.1, -0.05) is 38.7 Å². The van der Waals surface area contributed by atoms with Gasteiger partial charge >= 0.3 is 0 Å². The maximum atomic E-state index is 5.89. The summed E-state index contributed by atoms with van der Waals surface area (Å²) in [5.74, 6) is 1.66. The van der Waals surface area contributed by atoms with Crippen LogP contribution in [0.4, 0.5) is 0 Å². The Kier molecular flexibility index (Phi) is 9.65. The Morgan fingerprint density at radius 3 is 2.73 bits per heavy atom. The van der Waals surface area contributed by atoms with E-state index in [4.69, 9.17) is 9.47 Å². The molecule has 0 amide bonds. The molecular formula is C21H33N3O2. The average Bonchev–Trinajstić information content (AvgIpc) is 3.18. The van der Waals surface area contributed by atoms with Crippen molar-refractivity contribution in [2.24, 2.45) is 0 Å². The van der Waals surface area contributed by atoms with Gasteiger partial charge in [0.15, 0.2) is 11.5 Å². The third kappa shape index (κ3) is 7.48. The van der Waals surface area contributed by atoms with Gasteiger partial charge in [-0.3, -0.25) is 0 Å². The summed E-state index contributed by atoms with van der Waals surface area (Å²) in [6, 6.07) is 6.19. The number of rotatable bonds is 14. The first kappa shape index (κ1) is 20.3. The first-order valence-electron chi connectivity index (χ1n) is 9.79. The fraction of sp³-hybridized carbons (Fsp3) is 0.571. The van der Waals surface area contributed by atoms with Crippen LogP contribution in [0.15, 0.2) is 36.9 Å². The van der Waals surface area contributed by atoms with Crippen molar-refractivity contribution in [1.29, 1.82) is 0 Å². The molecule has 26 heavy (non-hydrogen) atoms. The predicted octanol–water partition coefficient (Wildman–Crippen LogP) is 4.42. The molecule has 0 spiro atoms. The second-order valence-electron chi connectivity index (χ2n) is 6.58. The SMILES string of the molecule is CCCCCCCOc1ccc(CNCCCn2ccnc2)cc1OC. The number of nitrogens with zero attached hydrogens (tertiary/aromatic N) is 2. The Morgan fingerprint density at radius 1 is 1.08 bits per heavy atom. The smallest absolute Gasteiger partial charge is 0.161 e. The molecule has 2 rings (SSSR count). The molecule has 0 aliphatic carbocycles. The third-order valence-electron chi connectivity index (χ3n) is 4.39. The Hall–Kier alpha value is -2.01. The first-order valence-corrected chi connectivity index (χ1v) is 9.79. The highest BCUT2D eigenvalue weighted by molar-refractivity contribution is 5.42. The summed E-state index contributed by atoms with van der Waals surface area (Å²) < 4.78 is 13.5. The lowest BCUT2D eigenvalue weighted by Gasteiger charge is -2.13. The summed E-state index contributed by atoms with van der Waals surface area (Å²) in [5.41, 5.74) is 1.21. The molecule has 0 bridgehead atoms. The van der Waals surface area contributed by atoms with E-state index in [1.54, 1.807) is 7.11 Å². The maximum Gasteiger partial charge on any atom is 0.161 e. The molecule has 1 heterocycles. The Bertz CT molecular complexity index is 599. The number of aromatic nitrogens is 2. The molecule has 0 saturated heterocycles. The quantitative estimate of drug-likeness (QED) is 0.507. The van der Waals surface area contributed by atoms with Crippen molar-refractivity contribution in [3.63, 3.8) is 0 Å². The van der Waals surface area contributed by atoms with Gasteiger partial charge in [0.25, 0.3) is 0 Å². The number of nitrogens with one attached hydrogen (secondary N) is 1. The zero-order valence-corrected chi connectivity index (χ0v) is 16.2. The molecule has 5 heteroatoms. The fourth-order valence-corrected chi connectivity index (χ4v) is 2.87. The van der Waals surface area contributed by atoms with Gasteiger partial charge in [-0.15, -0.1) is 0 Å². The van der Waals surface area contributed by atoms with E-state index in [2.05, 4.69) is 33.9 Å². The molecule has 0 aliphatic heterocycles. The van der Waals surface area contributed by atoms with Crippen molar-refractivity contribution in [2.75, 3.05) is 20.3 Å². The van der Waals surface area contributed by atoms with Gasteiger partial charge in [-0.25, -0.2) is 4.98 Å². The highest BCUT2D eigenvalue weighted by Crippen LogP contribution is 2.28. The Labute approximate surface area is 157 Å². The van der Waals surface area contributed by atoms with Gasteiger partial charge in [0, 0.05) is 25.5 Å². The summed E-state index contributed by atoms with van der Waals surface area (Å²) in [6.45, 7) is 5.78. The van der Waals surface area contributed by atoms with Gasteiger partial charge in [0.05, 0.1) is 20.0 Å². The highest BCUT2D eigenvalue weighted by Gasteiger charge is 2.06. The molecule has 0 fully saturated rings. The Morgan fingerprint density at radius 2 is 1.96 bits per heavy atom. The van der Waals surface area contributed by atoms with Crippen molar-refractivity contribution in [3.05, 3.63) is 42.5 Å². The first-order chi connectivity index (χ1) is 12.8. The second kappa shape index (κ2) is 12.4. The van der Waals surface area contributed by atoms with Crippen LogP contribution in [0.5, 0.6) is 11.5 Å². The number of methoxy groups -OCH3 is 1. The molecule has 2 aromatic rings. The van der Waals surface area contributed by atoms with E-state index < -0.39 is 0 Å². The molecule has 0 unspecified atom stereocenters. The van der Waals surface area contributed by atoms with E-state index in [0.717, 1.165) is 50.6 Å². The second-order valence-corrected chi connectivity index (χ2v) is 6.58. The molecule has 5 nitrogen and oxygen atoms in total. The maximum absolute atomic E-state index is 5.89. The molecular weight excluding hydrogens is 326 g/mol. The van der Waals surface area contributed by atoms with Crippen molar-refractivity contribution < 1.29 is 9.47 Å². The lowest BCUT2D eigenvalue weighted by atomic mass is 10.1. The van der Waals surface area contributed by atoms with Crippen molar-refractivity contribution >= 4 is 0 Å². The number of ether oxygens (including phenoxy) is 2. The lowest BCUT2D eigenvalue weighted by molar-refractivity contribution is 0.284. The summed E-state index contributed by atoms with van der Waals surface area (Å²) in [7, 11) is 1.70. The summed E-state index contributed by atoms with van der Waals surface area (Å²) in [5, 5.41) is 3.48. The third-order valence-corrected chi connectivity index (χ3v) is 4.39. The number of hydrogen-bond donors (Lipinski definition) is 1. The van der Waals surface area contributed by atoms with Crippen LogP contribution in [0, 0.1) is 0 Å². The molecule has 1 aromatic carbocycles. The highest BCUT2D eigenvalue weighted by atomic mass is 16.5. The average molecular weight is 360 g/mol. The van der Waals surface area contributed by atoms with Crippen molar-refractivity contribution in [2.45, 2.75) is 58.5 Å². The van der Waals surface area contributed by atoms with Gasteiger partial charge in [0.1, 0.15) is 0 Å². The summed E-state index contributed by atoms with van der Waals surface area (Å²) in [4.78, 5) is 4.05. The molecule has 0 atom stereocenters. The van der Waals surface area contributed by atoms with Crippen LogP contribution < -0.4 is 14.8 Å². The van der Waals surface area contributed by atoms with Crippen LogP contribution in [0.3, 0.4) is 0 Å². The minimum atomic E-state index is 0.756. The number of hydrogen-bond acceptors (Lipinski definition) is 4. The molecule has 144 valence electrons. The van der Waals surface area contributed by atoms with E-state index in [-0.39, 0.29) is 0 Å². The van der Waals surface area contributed by atoms with Crippen LogP contribution in [0.25, 0.3) is 0 Å². The number of aryl methyl sites for hydroxylation is 1. The largest absolute Gasteiger partial charge is 0.493 e. The summed E-state index contributed by atoms with van der Waals surface area (Å²) in [6.07, 6.45) is 13.0. The molecule has 1 N–H and O–H groups in total. The van der Waals surface area contributed by atoms with E-state index in [1.165, 1.54) is 31.2 Å². The van der Waals surface area contributed by atoms with Crippen LogP contribution in [0.1, 0.15) is 51.0 Å². The van der Waals surface area contributed by atoms with Crippen LogP contribution in [0.2, 0.25) is 0 Å². The van der Waals surface area contributed by atoms with E-state index in [1.807, 2.05) is 24.8 Å². The molecule has 0 radical (unpaired) electrons. The van der Waals surface area contributed by atoms with Crippen molar-refractivity contribution in [3.8, 4) is 11.5 Å². The van der Waals surface area contributed by atoms with E-state index >= 15 is 0 Å². The van der Waals surface area contributed by atoms with Crippen LogP contribution in [-0.2, 0) is 13.1 Å². The van der Waals surface area contributed by atoms with Gasteiger partial charge < -0.3 is 19.4 Å². The number of imidazole rings is 1. The summed E-state index contributed by atoms with van der Waals surface area (Å²) >= 11 is 0. The fourth-order valence-electron chi connectivity index (χ4n) is 2.87. The van der Waals surface area contributed by atoms with Gasteiger partial charge in [-0.2, -0.15) is 0 Å². The van der Waals surface area contributed by atoms with E-state index in [9.17, 15) is 0 Å². The normalized spacial score (nSPS) is 10.8. The number of unbranched alkanes of at least 4 members (excludes halogenated alkanes) is 4. The topological polar surface area (TPSA) is 48.3 Å². The Balaban J connectivity index is 1.67. The van der Waals surface area contributed by atoms with Crippen LogP contribution in [-0.4, -0.2) is 29.8 Å². The molecule has 1 aromatic heterocycles. The predicted molar refractivity (Wildman–Crippen MR) is 106 cm³/mol. The number of benzene rings is 1. The minimum absolute atomic E-state index is 0.756. The molecule has 0 saturated carbocycles. The standard InChI is InChI=1S/C21H33N3O2/c1-3-4-5-6-7-15-26-20-10-9-19(16-21(20)25-2)17-22-11-8-13-24-14-12-23-18-24/h9-10,12,14,16,18,22H,3-8,11,13,15,17H2,1-2H3. The van der Waals surface area contributed by atoms with Crippen LogP contribution >= 0.6 is 0 Å². The molecule has 0 aliphatic rings. The monoisotopic (exact) mass is 359 g/mol. The van der Waals surface area contributed by atoms with Gasteiger partial charge in [0.2, 0.25) is 0 Å². The van der Waals surface area contributed by atoms with Crippen molar-refractivity contribution in [1.82, 2.24) is 14.9 Å². The zero-order chi connectivity index (χ0) is 18.5.